The molecule has 0 atom stereocenters. The summed E-state index contributed by atoms with van der Waals surface area (Å²) in [5.74, 6) is 0.729. The highest BCUT2D eigenvalue weighted by molar-refractivity contribution is 7.99. The van der Waals surface area contributed by atoms with Gasteiger partial charge in [0.1, 0.15) is 0 Å². The summed E-state index contributed by atoms with van der Waals surface area (Å²) in [5.41, 5.74) is 2.51. The fraction of sp³-hybridized carbons (Fsp3) is 0.360. The van der Waals surface area contributed by atoms with Gasteiger partial charge in [-0.2, -0.15) is 0 Å². The first-order valence-corrected chi connectivity index (χ1v) is 12.2. The van der Waals surface area contributed by atoms with Crippen molar-refractivity contribution in [1.29, 1.82) is 0 Å². The Morgan fingerprint density at radius 3 is 2.30 bits per heavy atom. The molecule has 0 aliphatic heterocycles. The second-order valence-corrected chi connectivity index (χ2v) is 9.52. The third-order valence-corrected chi connectivity index (χ3v) is 6.64. The number of hydrogen-bond donors (Lipinski definition) is 0. The minimum Gasteiger partial charge on any atom is -0.337 e. The molecule has 0 saturated carbocycles. The SMILES string of the molecule is CCc1ccc(-n2c(=O)c3ccccc3n3c(SCC(=O)N(C(C)C)C(C)C)nnc23)cc1. The van der Waals surface area contributed by atoms with Gasteiger partial charge in [0.05, 0.1) is 22.3 Å². The lowest BCUT2D eigenvalue weighted by molar-refractivity contribution is -0.131. The number of benzene rings is 2. The molecule has 0 aliphatic rings. The molecule has 4 aromatic rings. The number of aryl methyl sites for hydroxylation is 1. The maximum atomic E-state index is 13.4. The summed E-state index contributed by atoms with van der Waals surface area (Å²) in [7, 11) is 0. The van der Waals surface area contributed by atoms with Gasteiger partial charge in [0.2, 0.25) is 11.7 Å². The largest absolute Gasteiger partial charge is 0.337 e. The van der Waals surface area contributed by atoms with Crippen LogP contribution in [0, 0.1) is 0 Å². The maximum absolute atomic E-state index is 13.4. The van der Waals surface area contributed by atoms with Crippen molar-refractivity contribution in [3.8, 4) is 5.69 Å². The molecular weight excluding hydrogens is 434 g/mol. The Morgan fingerprint density at radius 1 is 1.00 bits per heavy atom. The summed E-state index contributed by atoms with van der Waals surface area (Å²) in [6, 6.07) is 15.6. The molecular formula is C25H29N5O2S. The molecule has 0 saturated heterocycles. The number of rotatable bonds is 7. The Kier molecular flexibility index (Phi) is 6.56. The lowest BCUT2D eigenvalue weighted by Gasteiger charge is -2.30. The maximum Gasteiger partial charge on any atom is 0.267 e. The highest BCUT2D eigenvalue weighted by Crippen LogP contribution is 2.24. The van der Waals surface area contributed by atoms with Crippen LogP contribution >= 0.6 is 11.8 Å². The Morgan fingerprint density at radius 2 is 1.67 bits per heavy atom. The van der Waals surface area contributed by atoms with E-state index in [9.17, 15) is 9.59 Å². The summed E-state index contributed by atoms with van der Waals surface area (Å²) in [6.07, 6.45) is 0.922. The van der Waals surface area contributed by atoms with Crippen molar-refractivity contribution < 1.29 is 4.79 Å². The first kappa shape index (κ1) is 23.0. The Labute approximate surface area is 197 Å². The molecule has 7 nitrogen and oxygen atoms in total. The minimum atomic E-state index is -0.145. The average Bonchev–Trinajstić information content (AvgIpc) is 3.21. The summed E-state index contributed by atoms with van der Waals surface area (Å²) < 4.78 is 3.46. The molecule has 0 fully saturated rings. The Hall–Kier alpha value is -3.13. The van der Waals surface area contributed by atoms with Gasteiger partial charge in [-0.3, -0.25) is 14.0 Å². The number of carbonyl (C=O) groups is 1. The number of thioether (sulfide) groups is 1. The topological polar surface area (TPSA) is 72.5 Å². The van der Waals surface area contributed by atoms with Crippen LogP contribution in [0.4, 0.5) is 0 Å². The average molecular weight is 464 g/mol. The molecule has 0 aliphatic carbocycles. The Balaban J connectivity index is 1.83. The third kappa shape index (κ3) is 4.27. The fourth-order valence-electron chi connectivity index (χ4n) is 4.26. The van der Waals surface area contributed by atoms with Gasteiger partial charge in [0.25, 0.3) is 5.56 Å². The standard InChI is InChI=1S/C25H29N5O2S/c1-6-18-11-13-19(14-12-18)29-23(32)20-9-7-8-10-21(20)30-24(29)26-27-25(30)33-15-22(31)28(16(2)3)17(4)5/h7-14,16-17H,6,15H2,1-5H3. The monoisotopic (exact) mass is 463 g/mol. The predicted molar refractivity (Wildman–Crippen MR) is 133 cm³/mol. The Bertz CT molecular complexity index is 1350. The van der Waals surface area contributed by atoms with Crippen LogP contribution in [-0.4, -0.2) is 47.8 Å². The molecule has 0 unspecified atom stereocenters. The van der Waals surface area contributed by atoms with Crippen molar-refractivity contribution in [3.05, 3.63) is 64.4 Å². The smallest absolute Gasteiger partial charge is 0.267 e. The lowest BCUT2D eigenvalue weighted by Crippen LogP contribution is -2.43. The van der Waals surface area contributed by atoms with Crippen molar-refractivity contribution in [1.82, 2.24) is 24.1 Å². The molecule has 0 spiro atoms. The number of nitrogens with zero attached hydrogens (tertiary/aromatic N) is 5. The summed E-state index contributed by atoms with van der Waals surface area (Å²) in [4.78, 5) is 28.2. The number of aromatic nitrogens is 4. The van der Waals surface area contributed by atoms with E-state index in [1.807, 2.05) is 85.5 Å². The zero-order valence-corrected chi connectivity index (χ0v) is 20.5. The zero-order valence-electron chi connectivity index (χ0n) is 19.6. The van der Waals surface area contributed by atoms with Crippen molar-refractivity contribution >= 4 is 34.3 Å². The van der Waals surface area contributed by atoms with Crippen LogP contribution in [0.15, 0.2) is 58.5 Å². The van der Waals surface area contributed by atoms with Gasteiger partial charge in [-0.05, 0) is 63.9 Å². The molecule has 33 heavy (non-hydrogen) atoms. The molecule has 8 heteroatoms. The molecule has 172 valence electrons. The lowest BCUT2D eigenvalue weighted by atomic mass is 10.1. The number of amides is 1. The summed E-state index contributed by atoms with van der Waals surface area (Å²) >= 11 is 1.34. The van der Waals surface area contributed by atoms with Gasteiger partial charge in [-0.25, -0.2) is 4.57 Å². The molecule has 2 aromatic carbocycles. The van der Waals surface area contributed by atoms with E-state index in [0.29, 0.717) is 16.3 Å². The zero-order chi connectivity index (χ0) is 23.7. The minimum absolute atomic E-state index is 0.0505. The third-order valence-electron chi connectivity index (χ3n) is 5.72. The van der Waals surface area contributed by atoms with Crippen LogP contribution < -0.4 is 5.56 Å². The van der Waals surface area contributed by atoms with E-state index in [4.69, 9.17) is 0 Å². The molecule has 0 N–H and O–H groups in total. The fourth-order valence-corrected chi connectivity index (χ4v) is 5.07. The molecule has 0 radical (unpaired) electrons. The van der Waals surface area contributed by atoms with Crippen molar-refractivity contribution in [2.24, 2.45) is 0 Å². The van der Waals surface area contributed by atoms with E-state index in [-0.39, 0.29) is 29.3 Å². The van der Waals surface area contributed by atoms with E-state index in [2.05, 4.69) is 17.1 Å². The van der Waals surface area contributed by atoms with E-state index in [1.54, 1.807) is 4.57 Å². The normalized spacial score (nSPS) is 11.7. The highest BCUT2D eigenvalue weighted by Gasteiger charge is 2.22. The number of fused-ring (bicyclic) bond motifs is 3. The summed E-state index contributed by atoms with van der Waals surface area (Å²) in [6.45, 7) is 10.2. The quantitative estimate of drug-likeness (QED) is 0.382. The number of hydrogen-bond acceptors (Lipinski definition) is 5. The summed E-state index contributed by atoms with van der Waals surface area (Å²) in [5, 5.41) is 9.90. The van der Waals surface area contributed by atoms with E-state index < -0.39 is 0 Å². The van der Waals surface area contributed by atoms with Crippen molar-refractivity contribution in [2.45, 2.75) is 58.3 Å². The second-order valence-electron chi connectivity index (χ2n) is 8.57. The van der Waals surface area contributed by atoms with Crippen molar-refractivity contribution in [2.75, 3.05) is 5.75 Å². The molecule has 4 rings (SSSR count). The second kappa shape index (κ2) is 9.39. The van der Waals surface area contributed by atoms with Gasteiger partial charge in [-0.15, -0.1) is 10.2 Å². The van der Waals surface area contributed by atoms with Crippen LogP contribution in [0.2, 0.25) is 0 Å². The molecule has 2 aromatic heterocycles. The molecule has 1 amide bonds. The van der Waals surface area contributed by atoms with Crippen LogP contribution in [0.1, 0.15) is 40.2 Å². The highest BCUT2D eigenvalue weighted by atomic mass is 32.2. The van der Waals surface area contributed by atoms with Gasteiger partial charge in [-0.1, -0.05) is 43.0 Å². The van der Waals surface area contributed by atoms with Crippen LogP contribution in [0.5, 0.6) is 0 Å². The van der Waals surface area contributed by atoms with Gasteiger partial charge >= 0.3 is 0 Å². The molecule has 2 heterocycles. The van der Waals surface area contributed by atoms with Gasteiger partial charge in [0, 0.05) is 12.1 Å². The first-order valence-electron chi connectivity index (χ1n) is 11.3. The van der Waals surface area contributed by atoms with Crippen LogP contribution in [0.25, 0.3) is 22.4 Å². The van der Waals surface area contributed by atoms with E-state index in [0.717, 1.165) is 17.6 Å². The first-order chi connectivity index (χ1) is 15.8. The van der Waals surface area contributed by atoms with Gasteiger partial charge < -0.3 is 4.90 Å². The number of carbonyl (C=O) groups excluding carboxylic acids is 1. The predicted octanol–water partition coefficient (Wildman–Crippen LogP) is 4.33. The number of para-hydroxylation sites is 1. The van der Waals surface area contributed by atoms with Crippen molar-refractivity contribution in [3.63, 3.8) is 0 Å². The van der Waals surface area contributed by atoms with E-state index in [1.165, 1.54) is 17.3 Å². The molecule has 0 bridgehead atoms. The van der Waals surface area contributed by atoms with Crippen LogP contribution in [0.3, 0.4) is 0 Å². The van der Waals surface area contributed by atoms with Gasteiger partial charge in [0.15, 0.2) is 5.16 Å². The van der Waals surface area contributed by atoms with Crippen LogP contribution in [-0.2, 0) is 11.2 Å². The van der Waals surface area contributed by atoms with E-state index >= 15 is 0 Å².